The molecule has 0 aromatic heterocycles. The van der Waals surface area contributed by atoms with Gasteiger partial charge >= 0.3 is 0 Å². The van der Waals surface area contributed by atoms with Crippen molar-refractivity contribution in [3.05, 3.63) is 41.5 Å². The van der Waals surface area contributed by atoms with Gasteiger partial charge in [-0.05, 0) is 41.0 Å². The van der Waals surface area contributed by atoms with Gasteiger partial charge in [0.15, 0.2) is 23.0 Å². The molecule has 0 fully saturated rings. The Labute approximate surface area is 159 Å². The molecule has 0 unspecified atom stereocenters. The number of carbonyl (C=O) groups excluding carboxylic acids is 1. The van der Waals surface area contributed by atoms with Gasteiger partial charge in [0.2, 0.25) is 13.6 Å². The van der Waals surface area contributed by atoms with E-state index in [1.807, 2.05) is 30.3 Å². The Morgan fingerprint density at radius 1 is 0.929 bits per heavy atom. The smallest absolute Gasteiger partial charge is 0.255 e. The highest BCUT2D eigenvalue weighted by atomic mass is 16.7. The van der Waals surface area contributed by atoms with Crippen LogP contribution >= 0.6 is 0 Å². The maximum Gasteiger partial charge on any atom is 0.255 e. The maximum absolute atomic E-state index is 12.6. The van der Waals surface area contributed by atoms with E-state index in [-0.39, 0.29) is 19.5 Å². The summed E-state index contributed by atoms with van der Waals surface area (Å²) in [5.74, 6) is 3.12. The van der Waals surface area contributed by atoms with Crippen LogP contribution in [-0.4, -0.2) is 26.6 Å². The number of hydrogen-bond donors (Lipinski definition) is 1. The van der Waals surface area contributed by atoms with Crippen LogP contribution in [0.2, 0.25) is 0 Å². The average molecular weight is 377 g/mol. The van der Waals surface area contributed by atoms with Gasteiger partial charge in [0.05, 0.1) is 12.7 Å². The fourth-order valence-electron chi connectivity index (χ4n) is 4.21. The number of fused-ring (bicyclic) bond motifs is 5. The van der Waals surface area contributed by atoms with Crippen LogP contribution < -0.4 is 29.0 Å². The van der Waals surface area contributed by atoms with Crippen LogP contribution in [0.25, 0.3) is 21.9 Å². The molecule has 0 bridgehead atoms. The Bertz CT molecular complexity index is 1190. The second-order valence-corrected chi connectivity index (χ2v) is 6.73. The van der Waals surface area contributed by atoms with Gasteiger partial charge in [0.1, 0.15) is 5.75 Å². The molecule has 7 heteroatoms. The van der Waals surface area contributed by atoms with Crippen LogP contribution in [-0.2, 0) is 6.54 Å². The standard InChI is InChI=1S/C21H15NO6/c1-24-19-11-3-5-14-20(28-9-26-14)17(11)16(12-7-22-21(23)18(12)19)10-2-4-13-15(6-10)27-8-25-13/h2-6H,7-9H2,1H3,(H,22,23). The molecule has 140 valence electrons. The van der Waals surface area contributed by atoms with Crippen molar-refractivity contribution < 1.29 is 28.5 Å². The van der Waals surface area contributed by atoms with E-state index < -0.39 is 0 Å². The number of benzene rings is 3. The molecule has 3 aromatic carbocycles. The number of nitrogens with one attached hydrogen (secondary N) is 1. The Morgan fingerprint density at radius 3 is 2.61 bits per heavy atom. The lowest BCUT2D eigenvalue weighted by molar-refractivity contribution is 0.0963. The van der Waals surface area contributed by atoms with Gasteiger partial charge in [-0.1, -0.05) is 6.07 Å². The largest absolute Gasteiger partial charge is 0.495 e. The molecular formula is C21H15NO6. The first kappa shape index (κ1) is 15.4. The van der Waals surface area contributed by atoms with Crippen LogP contribution in [0.1, 0.15) is 15.9 Å². The lowest BCUT2D eigenvalue weighted by Crippen LogP contribution is -2.13. The highest BCUT2D eigenvalue weighted by Crippen LogP contribution is 2.51. The van der Waals surface area contributed by atoms with Crippen molar-refractivity contribution in [2.75, 3.05) is 20.7 Å². The lowest BCUT2D eigenvalue weighted by atomic mass is 9.89. The molecule has 0 saturated carbocycles. The van der Waals surface area contributed by atoms with Crippen molar-refractivity contribution in [3.63, 3.8) is 0 Å². The topological polar surface area (TPSA) is 75.2 Å². The van der Waals surface area contributed by atoms with E-state index in [1.54, 1.807) is 7.11 Å². The molecule has 0 spiro atoms. The molecule has 28 heavy (non-hydrogen) atoms. The van der Waals surface area contributed by atoms with Gasteiger partial charge in [-0.2, -0.15) is 0 Å². The Hall–Kier alpha value is -3.61. The Balaban J connectivity index is 1.77. The summed E-state index contributed by atoms with van der Waals surface area (Å²) in [5, 5.41) is 4.58. The summed E-state index contributed by atoms with van der Waals surface area (Å²) < 4.78 is 28.1. The van der Waals surface area contributed by atoms with Gasteiger partial charge in [-0.25, -0.2) is 0 Å². The third kappa shape index (κ3) is 1.90. The fraction of sp³-hybridized carbons (Fsp3) is 0.190. The monoisotopic (exact) mass is 377 g/mol. The normalized spacial score (nSPS) is 15.7. The number of methoxy groups -OCH3 is 1. The molecule has 0 radical (unpaired) electrons. The zero-order valence-electron chi connectivity index (χ0n) is 15.0. The fourth-order valence-corrected chi connectivity index (χ4v) is 4.21. The minimum atomic E-state index is -0.145. The Kier molecular flexibility index (Phi) is 3.01. The second kappa shape index (κ2) is 5.45. The predicted octanol–water partition coefficient (Wildman–Crippen LogP) is 3.22. The number of ether oxygens (including phenoxy) is 5. The molecule has 3 aliphatic rings. The highest BCUT2D eigenvalue weighted by Gasteiger charge is 2.33. The quantitative estimate of drug-likeness (QED) is 0.739. The molecule has 0 saturated heterocycles. The first-order valence-electron chi connectivity index (χ1n) is 8.89. The summed E-state index contributed by atoms with van der Waals surface area (Å²) in [6.07, 6.45) is 0. The zero-order chi connectivity index (χ0) is 18.8. The minimum absolute atomic E-state index is 0.145. The molecule has 7 nitrogen and oxygen atoms in total. The summed E-state index contributed by atoms with van der Waals surface area (Å²) in [6, 6.07) is 9.53. The molecule has 3 heterocycles. The number of carbonyl (C=O) groups is 1. The first-order valence-corrected chi connectivity index (χ1v) is 8.89. The number of hydrogen-bond acceptors (Lipinski definition) is 6. The van der Waals surface area contributed by atoms with E-state index in [9.17, 15) is 4.79 Å². The van der Waals surface area contributed by atoms with E-state index in [4.69, 9.17) is 23.7 Å². The zero-order valence-corrected chi connectivity index (χ0v) is 15.0. The van der Waals surface area contributed by atoms with Gasteiger partial charge in [-0.15, -0.1) is 0 Å². The molecule has 0 aliphatic carbocycles. The maximum atomic E-state index is 12.6. The van der Waals surface area contributed by atoms with E-state index in [0.29, 0.717) is 40.9 Å². The van der Waals surface area contributed by atoms with Crippen LogP contribution in [0.5, 0.6) is 28.7 Å². The molecule has 3 aromatic rings. The summed E-state index contributed by atoms with van der Waals surface area (Å²) in [5.41, 5.74) is 3.25. The van der Waals surface area contributed by atoms with Crippen molar-refractivity contribution in [1.82, 2.24) is 5.32 Å². The minimum Gasteiger partial charge on any atom is -0.495 e. The first-order chi connectivity index (χ1) is 13.8. The van der Waals surface area contributed by atoms with E-state index in [1.165, 1.54) is 0 Å². The van der Waals surface area contributed by atoms with Crippen LogP contribution in [0.4, 0.5) is 0 Å². The molecule has 1 N–H and O–H groups in total. The summed E-state index contributed by atoms with van der Waals surface area (Å²) in [6.45, 7) is 0.771. The van der Waals surface area contributed by atoms with Crippen molar-refractivity contribution in [2.45, 2.75) is 6.54 Å². The second-order valence-electron chi connectivity index (χ2n) is 6.73. The summed E-state index contributed by atoms with van der Waals surface area (Å²) in [4.78, 5) is 12.6. The van der Waals surface area contributed by atoms with Gasteiger partial charge < -0.3 is 29.0 Å². The van der Waals surface area contributed by atoms with E-state index in [0.717, 1.165) is 27.5 Å². The molecule has 1 amide bonds. The third-order valence-corrected chi connectivity index (χ3v) is 5.38. The molecule has 6 rings (SSSR count). The average Bonchev–Trinajstić information content (AvgIpc) is 3.45. The molecule has 0 atom stereocenters. The number of rotatable bonds is 2. The van der Waals surface area contributed by atoms with E-state index >= 15 is 0 Å². The third-order valence-electron chi connectivity index (χ3n) is 5.38. The highest BCUT2D eigenvalue weighted by molar-refractivity contribution is 6.15. The van der Waals surface area contributed by atoms with E-state index in [2.05, 4.69) is 5.32 Å². The number of amides is 1. The summed E-state index contributed by atoms with van der Waals surface area (Å²) in [7, 11) is 1.57. The predicted molar refractivity (Wildman–Crippen MR) is 99.4 cm³/mol. The summed E-state index contributed by atoms with van der Waals surface area (Å²) >= 11 is 0. The van der Waals surface area contributed by atoms with Crippen molar-refractivity contribution >= 4 is 16.7 Å². The van der Waals surface area contributed by atoms with Crippen LogP contribution in [0.3, 0.4) is 0 Å². The van der Waals surface area contributed by atoms with Gasteiger partial charge in [0.25, 0.3) is 5.91 Å². The SMILES string of the molecule is COc1c2c(c(-c3ccc4c(c3)OCO4)c3c4c(ccc13)OCO4)CNC2=O. The Morgan fingerprint density at radius 2 is 1.71 bits per heavy atom. The van der Waals surface area contributed by atoms with Gasteiger partial charge in [0, 0.05) is 17.3 Å². The van der Waals surface area contributed by atoms with Crippen molar-refractivity contribution in [1.29, 1.82) is 0 Å². The molecular weight excluding hydrogens is 362 g/mol. The van der Waals surface area contributed by atoms with Crippen LogP contribution in [0.15, 0.2) is 30.3 Å². The van der Waals surface area contributed by atoms with Crippen molar-refractivity contribution in [2.24, 2.45) is 0 Å². The van der Waals surface area contributed by atoms with Crippen molar-refractivity contribution in [3.8, 4) is 39.9 Å². The molecule has 3 aliphatic heterocycles. The lowest BCUT2D eigenvalue weighted by Gasteiger charge is -2.18. The van der Waals surface area contributed by atoms with Crippen LogP contribution in [0, 0.1) is 0 Å². The van der Waals surface area contributed by atoms with Gasteiger partial charge in [-0.3, -0.25) is 4.79 Å².